The van der Waals surface area contributed by atoms with E-state index in [-0.39, 0.29) is 17.7 Å². The molecule has 0 spiro atoms. The maximum Gasteiger partial charge on any atom is 0.162 e. The molecule has 0 fully saturated rings. The summed E-state index contributed by atoms with van der Waals surface area (Å²) >= 11 is 0. The summed E-state index contributed by atoms with van der Waals surface area (Å²) in [6.07, 6.45) is 0.588. The van der Waals surface area contributed by atoms with Crippen molar-refractivity contribution in [3.63, 3.8) is 0 Å². The van der Waals surface area contributed by atoms with Gasteiger partial charge in [0.1, 0.15) is 11.6 Å². The van der Waals surface area contributed by atoms with Crippen LogP contribution in [0.4, 0.5) is 8.78 Å². The van der Waals surface area contributed by atoms with Crippen LogP contribution in [-0.2, 0) is 6.42 Å². The highest BCUT2D eigenvalue weighted by molar-refractivity contribution is 5.68. The van der Waals surface area contributed by atoms with Crippen molar-refractivity contribution in [2.24, 2.45) is 0 Å². The molecule has 0 aliphatic carbocycles. The van der Waals surface area contributed by atoms with Gasteiger partial charge in [0.05, 0.1) is 0 Å². The lowest BCUT2D eigenvalue weighted by Gasteiger charge is -2.11. The molecule has 0 heterocycles. The SMILES string of the molecule is CC/C(F)=C(/F)c1c(C)cc(O)cc1CC. The van der Waals surface area contributed by atoms with Gasteiger partial charge in [-0.3, -0.25) is 0 Å². The Morgan fingerprint density at radius 3 is 2.38 bits per heavy atom. The molecular weight excluding hydrogens is 210 g/mol. The minimum atomic E-state index is -0.808. The van der Waals surface area contributed by atoms with E-state index >= 15 is 0 Å². The minimum absolute atomic E-state index is 0.0370. The molecular formula is C13H16F2O. The highest BCUT2D eigenvalue weighted by atomic mass is 19.2. The van der Waals surface area contributed by atoms with Gasteiger partial charge in [-0.1, -0.05) is 13.8 Å². The van der Waals surface area contributed by atoms with Crippen LogP contribution < -0.4 is 0 Å². The zero-order chi connectivity index (χ0) is 12.3. The van der Waals surface area contributed by atoms with Crippen molar-refractivity contribution in [3.8, 4) is 5.75 Å². The number of phenols is 1. The van der Waals surface area contributed by atoms with Crippen LogP contribution in [0.25, 0.3) is 5.83 Å². The van der Waals surface area contributed by atoms with E-state index in [1.165, 1.54) is 12.1 Å². The van der Waals surface area contributed by atoms with E-state index in [9.17, 15) is 13.9 Å². The summed E-state index contributed by atoms with van der Waals surface area (Å²) in [6, 6.07) is 2.92. The maximum atomic E-state index is 13.8. The molecule has 1 N–H and O–H groups in total. The summed E-state index contributed by atoms with van der Waals surface area (Å²) in [5.41, 5.74) is 1.45. The Balaban J connectivity index is 3.43. The van der Waals surface area contributed by atoms with Crippen molar-refractivity contribution >= 4 is 5.83 Å². The molecule has 0 unspecified atom stereocenters. The Kier molecular flexibility index (Phi) is 4.05. The van der Waals surface area contributed by atoms with Crippen molar-refractivity contribution in [1.82, 2.24) is 0 Å². The van der Waals surface area contributed by atoms with E-state index in [0.717, 1.165) is 0 Å². The number of hydrogen-bond acceptors (Lipinski definition) is 1. The third kappa shape index (κ3) is 2.40. The van der Waals surface area contributed by atoms with Crippen LogP contribution in [0, 0.1) is 6.92 Å². The molecule has 1 aromatic carbocycles. The molecule has 16 heavy (non-hydrogen) atoms. The van der Waals surface area contributed by atoms with Gasteiger partial charge in [0, 0.05) is 5.56 Å². The third-order valence-corrected chi connectivity index (χ3v) is 2.55. The minimum Gasteiger partial charge on any atom is -0.508 e. The van der Waals surface area contributed by atoms with Crippen molar-refractivity contribution in [2.75, 3.05) is 0 Å². The Bertz CT molecular complexity index is 422. The largest absolute Gasteiger partial charge is 0.508 e. The molecule has 0 aliphatic heterocycles. The lowest BCUT2D eigenvalue weighted by molar-refractivity contribution is 0.474. The first-order valence-corrected chi connectivity index (χ1v) is 5.38. The van der Waals surface area contributed by atoms with Crippen LogP contribution >= 0.6 is 0 Å². The van der Waals surface area contributed by atoms with Gasteiger partial charge >= 0.3 is 0 Å². The fourth-order valence-corrected chi connectivity index (χ4v) is 1.72. The van der Waals surface area contributed by atoms with Gasteiger partial charge in [0.25, 0.3) is 0 Å². The van der Waals surface area contributed by atoms with Gasteiger partial charge in [-0.15, -0.1) is 0 Å². The summed E-state index contributed by atoms with van der Waals surface area (Å²) in [4.78, 5) is 0. The molecule has 0 bridgehead atoms. The van der Waals surface area contributed by atoms with Crippen LogP contribution in [-0.4, -0.2) is 5.11 Å². The molecule has 0 amide bonds. The monoisotopic (exact) mass is 226 g/mol. The van der Waals surface area contributed by atoms with Crippen molar-refractivity contribution in [3.05, 3.63) is 34.6 Å². The highest BCUT2D eigenvalue weighted by Gasteiger charge is 2.15. The van der Waals surface area contributed by atoms with E-state index in [4.69, 9.17) is 0 Å². The third-order valence-electron chi connectivity index (χ3n) is 2.55. The Labute approximate surface area is 94.4 Å². The lowest BCUT2D eigenvalue weighted by Crippen LogP contribution is -1.95. The fourth-order valence-electron chi connectivity index (χ4n) is 1.72. The van der Waals surface area contributed by atoms with Crippen LogP contribution in [0.15, 0.2) is 18.0 Å². The predicted molar refractivity (Wildman–Crippen MR) is 61.6 cm³/mol. The second kappa shape index (κ2) is 5.10. The first kappa shape index (κ1) is 12.7. The molecule has 0 aromatic heterocycles. The average Bonchev–Trinajstić information content (AvgIpc) is 2.26. The van der Waals surface area contributed by atoms with Crippen LogP contribution in [0.3, 0.4) is 0 Å². The van der Waals surface area contributed by atoms with Gasteiger partial charge in [-0.2, -0.15) is 0 Å². The summed E-state index contributed by atoms with van der Waals surface area (Å²) in [7, 11) is 0. The molecule has 0 saturated carbocycles. The van der Waals surface area contributed by atoms with E-state index in [1.54, 1.807) is 13.8 Å². The van der Waals surface area contributed by atoms with E-state index in [1.807, 2.05) is 6.92 Å². The number of benzene rings is 1. The molecule has 1 nitrogen and oxygen atoms in total. The van der Waals surface area contributed by atoms with Gasteiger partial charge < -0.3 is 5.11 Å². The molecule has 3 heteroatoms. The standard InChI is InChI=1S/C13H16F2O/c1-4-9-7-10(16)6-8(3)12(9)13(15)11(14)5-2/h6-7,16H,4-5H2,1-3H3/b13-11-. The van der Waals surface area contributed by atoms with Gasteiger partial charge in [0.15, 0.2) is 5.83 Å². The van der Waals surface area contributed by atoms with E-state index in [2.05, 4.69) is 0 Å². The first-order valence-electron chi connectivity index (χ1n) is 5.38. The summed E-state index contributed by atoms with van der Waals surface area (Å²) in [6.45, 7) is 5.07. The zero-order valence-electron chi connectivity index (χ0n) is 9.77. The average molecular weight is 226 g/mol. The van der Waals surface area contributed by atoms with E-state index < -0.39 is 11.7 Å². The topological polar surface area (TPSA) is 20.2 Å². The number of allylic oxidation sites excluding steroid dienone is 1. The van der Waals surface area contributed by atoms with Crippen molar-refractivity contribution in [1.29, 1.82) is 0 Å². The van der Waals surface area contributed by atoms with Gasteiger partial charge in [-0.25, -0.2) is 8.78 Å². The smallest absolute Gasteiger partial charge is 0.162 e. The molecule has 1 aromatic rings. The second-order valence-electron chi connectivity index (χ2n) is 3.72. The highest BCUT2D eigenvalue weighted by Crippen LogP contribution is 2.32. The van der Waals surface area contributed by atoms with Crippen molar-refractivity contribution < 1.29 is 13.9 Å². The molecule has 0 atom stereocenters. The quantitative estimate of drug-likeness (QED) is 0.815. The number of phenolic OH excluding ortho intramolecular Hbond substituents is 1. The Morgan fingerprint density at radius 2 is 1.88 bits per heavy atom. The first-order chi connectivity index (χ1) is 7.51. The molecule has 0 saturated heterocycles. The van der Waals surface area contributed by atoms with Crippen molar-refractivity contribution in [2.45, 2.75) is 33.6 Å². The van der Waals surface area contributed by atoms with Gasteiger partial charge in [-0.05, 0) is 43.0 Å². The number of aryl methyl sites for hydroxylation is 2. The summed E-state index contributed by atoms with van der Waals surface area (Å²) < 4.78 is 27.0. The Morgan fingerprint density at radius 1 is 1.25 bits per heavy atom. The predicted octanol–water partition coefficient (Wildman–Crippen LogP) is 4.28. The molecule has 0 aliphatic rings. The number of halogens is 2. The van der Waals surface area contributed by atoms with Gasteiger partial charge in [0.2, 0.25) is 0 Å². The molecule has 0 radical (unpaired) electrons. The van der Waals surface area contributed by atoms with Crippen LogP contribution in [0.1, 0.15) is 37.0 Å². The van der Waals surface area contributed by atoms with Crippen LogP contribution in [0.5, 0.6) is 5.75 Å². The normalized spacial score (nSPS) is 12.6. The molecule has 88 valence electrons. The Hall–Kier alpha value is -1.38. The number of aromatic hydroxyl groups is 1. The molecule has 1 rings (SSSR count). The van der Waals surface area contributed by atoms with Crippen LogP contribution in [0.2, 0.25) is 0 Å². The zero-order valence-corrected chi connectivity index (χ0v) is 9.77. The summed E-state index contributed by atoms with van der Waals surface area (Å²) in [5, 5.41) is 9.39. The number of hydrogen-bond donors (Lipinski definition) is 1. The number of rotatable bonds is 3. The summed E-state index contributed by atoms with van der Waals surface area (Å²) in [5.74, 6) is -1.47. The fraction of sp³-hybridized carbons (Fsp3) is 0.385. The maximum absolute atomic E-state index is 13.8. The lowest BCUT2D eigenvalue weighted by atomic mass is 9.97. The van der Waals surface area contributed by atoms with E-state index in [0.29, 0.717) is 17.5 Å². The second-order valence-corrected chi connectivity index (χ2v) is 3.72.